The van der Waals surface area contributed by atoms with Crippen molar-refractivity contribution in [3.8, 4) is 5.75 Å². The molecule has 5 nitrogen and oxygen atoms in total. The summed E-state index contributed by atoms with van der Waals surface area (Å²) in [6, 6.07) is 4.56. The number of phenols is 1. The summed E-state index contributed by atoms with van der Waals surface area (Å²) < 4.78 is 20.1. The number of hydrogen-bond donors (Lipinski definition) is 1. The van der Waals surface area contributed by atoms with E-state index in [0.717, 1.165) is 56.9 Å². The van der Waals surface area contributed by atoms with Gasteiger partial charge in [-0.1, -0.05) is 55.9 Å². The number of carbonyl (C=O) groups is 2. The number of rotatable bonds is 7. The fourth-order valence-corrected chi connectivity index (χ4v) is 7.11. The number of likely N-dealkylation sites (tertiary alicyclic amines) is 1. The molecule has 2 aliphatic carbocycles. The molecule has 0 spiro atoms. The smallest absolute Gasteiger partial charge is 0.234 e. The number of amides is 2. The van der Waals surface area contributed by atoms with Gasteiger partial charge in [0.2, 0.25) is 11.8 Å². The molecule has 1 aromatic carbocycles. The van der Waals surface area contributed by atoms with E-state index in [0.29, 0.717) is 13.0 Å². The summed E-state index contributed by atoms with van der Waals surface area (Å²) >= 11 is 0. The van der Waals surface area contributed by atoms with E-state index >= 15 is 0 Å². The summed E-state index contributed by atoms with van der Waals surface area (Å²) in [4.78, 5) is 28.6. The van der Waals surface area contributed by atoms with Crippen molar-refractivity contribution in [2.24, 2.45) is 17.8 Å². The van der Waals surface area contributed by atoms with Crippen LogP contribution in [0.1, 0.15) is 83.6 Å². The highest BCUT2D eigenvalue weighted by Gasteiger charge is 2.57. The Morgan fingerprint density at radius 3 is 2.64 bits per heavy atom. The van der Waals surface area contributed by atoms with E-state index in [1.165, 1.54) is 35.3 Å². The number of nitrogens with zero attached hydrogens (tertiary/aromatic N) is 1. The second kappa shape index (κ2) is 10.5. The molecule has 1 aromatic rings. The Balaban J connectivity index is 1.31. The first kappa shape index (κ1) is 25.2. The molecule has 0 bridgehead atoms. The van der Waals surface area contributed by atoms with Gasteiger partial charge < -0.3 is 9.84 Å². The number of allylic oxidation sites excluding steroid dienone is 2. The quantitative estimate of drug-likeness (QED) is 0.363. The second-order valence-corrected chi connectivity index (χ2v) is 11.1. The minimum atomic E-state index is -0.614. The number of phenolic OH excluding ortho intramolecular Hbond substituents is 1. The summed E-state index contributed by atoms with van der Waals surface area (Å²) in [5.41, 5.74) is 4.43. The zero-order chi connectivity index (χ0) is 25.4. The fourth-order valence-electron chi connectivity index (χ4n) is 7.11. The third-order valence-electron chi connectivity index (χ3n) is 8.77. The molecule has 6 heteroatoms. The van der Waals surface area contributed by atoms with E-state index in [-0.39, 0.29) is 47.5 Å². The SMILES string of the molecule is CCC/C(=C\c1ccc(O)c(F)c1)CC[C@H]1OC[C@H]2C1=C(C)C[C@H]1C(=O)N(C3CCCCC3)C(=O)[C@H]12. The molecule has 36 heavy (non-hydrogen) atoms. The zero-order valence-corrected chi connectivity index (χ0v) is 21.5. The van der Waals surface area contributed by atoms with Crippen molar-refractivity contribution >= 4 is 17.9 Å². The minimum Gasteiger partial charge on any atom is -0.505 e. The molecule has 2 aliphatic heterocycles. The van der Waals surface area contributed by atoms with Crippen molar-refractivity contribution in [2.75, 3.05) is 6.61 Å². The van der Waals surface area contributed by atoms with Crippen LogP contribution >= 0.6 is 0 Å². The normalized spacial score (nSPS) is 29.2. The lowest BCUT2D eigenvalue weighted by atomic mass is 9.70. The van der Waals surface area contributed by atoms with E-state index in [2.05, 4.69) is 13.8 Å². The fraction of sp³-hybridized carbons (Fsp3) is 0.600. The number of aromatic hydroxyl groups is 1. The van der Waals surface area contributed by atoms with E-state index in [4.69, 9.17) is 4.74 Å². The van der Waals surface area contributed by atoms with Gasteiger partial charge in [0, 0.05) is 12.0 Å². The predicted octanol–water partition coefficient (Wildman–Crippen LogP) is 6.16. The number of imide groups is 1. The van der Waals surface area contributed by atoms with E-state index in [9.17, 15) is 19.1 Å². The monoisotopic (exact) mass is 495 g/mol. The minimum absolute atomic E-state index is 0.00332. The molecule has 1 saturated carbocycles. The number of benzene rings is 1. The Kier molecular flexibility index (Phi) is 7.34. The average Bonchev–Trinajstić information content (AvgIpc) is 3.39. The van der Waals surface area contributed by atoms with Crippen molar-refractivity contribution in [1.82, 2.24) is 4.90 Å². The van der Waals surface area contributed by atoms with Crippen LogP contribution in [0.2, 0.25) is 0 Å². The Morgan fingerprint density at radius 2 is 1.92 bits per heavy atom. The lowest BCUT2D eigenvalue weighted by molar-refractivity contribution is -0.143. The number of hydrogen-bond acceptors (Lipinski definition) is 4. The number of carbonyl (C=O) groups excluding carboxylic acids is 2. The van der Waals surface area contributed by atoms with Crippen LogP contribution in [0.25, 0.3) is 6.08 Å². The van der Waals surface area contributed by atoms with Gasteiger partial charge in [0.1, 0.15) is 0 Å². The molecular formula is C30H38FNO4. The molecule has 0 aromatic heterocycles. The van der Waals surface area contributed by atoms with Crippen LogP contribution < -0.4 is 0 Å². The molecule has 2 heterocycles. The Labute approximate surface area is 213 Å². The van der Waals surface area contributed by atoms with Crippen LogP contribution in [0.3, 0.4) is 0 Å². The predicted molar refractivity (Wildman–Crippen MR) is 136 cm³/mol. The summed E-state index contributed by atoms with van der Waals surface area (Å²) in [6.45, 7) is 4.75. The van der Waals surface area contributed by atoms with Gasteiger partial charge in [0.05, 0.1) is 24.5 Å². The van der Waals surface area contributed by atoms with E-state index in [1.807, 2.05) is 6.08 Å². The van der Waals surface area contributed by atoms with Gasteiger partial charge in [-0.15, -0.1) is 0 Å². The van der Waals surface area contributed by atoms with Crippen molar-refractivity contribution < 1.29 is 23.8 Å². The van der Waals surface area contributed by atoms with Crippen molar-refractivity contribution in [3.05, 3.63) is 46.3 Å². The topological polar surface area (TPSA) is 66.8 Å². The Morgan fingerprint density at radius 1 is 1.14 bits per heavy atom. The summed E-state index contributed by atoms with van der Waals surface area (Å²) in [5, 5.41) is 9.49. The molecule has 1 N–H and O–H groups in total. The summed E-state index contributed by atoms with van der Waals surface area (Å²) in [5.74, 6) is -1.36. The highest BCUT2D eigenvalue weighted by atomic mass is 19.1. The van der Waals surface area contributed by atoms with Crippen LogP contribution in [0, 0.1) is 23.6 Å². The molecular weight excluding hydrogens is 457 g/mol. The van der Waals surface area contributed by atoms with E-state index in [1.54, 1.807) is 11.0 Å². The molecule has 5 rings (SSSR count). The maximum Gasteiger partial charge on any atom is 0.234 e. The Hall–Kier alpha value is -2.47. The zero-order valence-electron chi connectivity index (χ0n) is 21.5. The first-order valence-corrected chi connectivity index (χ1v) is 13.7. The maximum atomic E-state index is 13.8. The van der Waals surface area contributed by atoms with Crippen molar-refractivity contribution in [3.63, 3.8) is 0 Å². The van der Waals surface area contributed by atoms with Gasteiger partial charge >= 0.3 is 0 Å². The first-order chi connectivity index (χ1) is 17.4. The van der Waals surface area contributed by atoms with Gasteiger partial charge in [-0.05, 0) is 68.7 Å². The van der Waals surface area contributed by atoms with Crippen LogP contribution in [-0.4, -0.2) is 40.6 Å². The van der Waals surface area contributed by atoms with Crippen LogP contribution in [0.4, 0.5) is 4.39 Å². The number of ether oxygens (including phenoxy) is 1. The molecule has 194 valence electrons. The first-order valence-electron chi connectivity index (χ1n) is 13.7. The number of halogens is 1. The number of fused-ring (bicyclic) bond motifs is 3. The van der Waals surface area contributed by atoms with E-state index < -0.39 is 5.82 Å². The molecule has 2 saturated heterocycles. The van der Waals surface area contributed by atoms with Gasteiger partial charge in [-0.2, -0.15) is 0 Å². The Bertz CT molecular complexity index is 1090. The van der Waals surface area contributed by atoms with Crippen LogP contribution in [0.5, 0.6) is 5.75 Å². The molecule has 4 atom stereocenters. The largest absolute Gasteiger partial charge is 0.505 e. The maximum absolute atomic E-state index is 13.8. The van der Waals surface area contributed by atoms with Crippen LogP contribution in [0.15, 0.2) is 34.9 Å². The lowest BCUT2D eigenvalue weighted by Crippen LogP contribution is -2.42. The summed E-state index contributed by atoms with van der Waals surface area (Å²) in [6.07, 6.45) is 11.4. The second-order valence-electron chi connectivity index (χ2n) is 11.1. The highest BCUT2D eigenvalue weighted by Crippen LogP contribution is 2.50. The van der Waals surface area contributed by atoms with Gasteiger partial charge in [0.15, 0.2) is 11.6 Å². The molecule has 3 fully saturated rings. The summed E-state index contributed by atoms with van der Waals surface area (Å²) in [7, 11) is 0. The van der Waals surface area contributed by atoms with Gasteiger partial charge in [-0.3, -0.25) is 14.5 Å². The van der Waals surface area contributed by atoms with Crippen molar-refractivity contribution in [2.45, 2.75) is 90.2 Å². The molecule has 0 unspecified atom stereocenters. The van der Waals surface area contributed by atoms with Gasteiger partial charge in [-0.25, -0.2) is 4.39 Å². The average molecular weight is 496 g/mol. The lowest BCUT2D eigenvalue weighted by Gasteiger charge is -2.31. The molecule has 0 radical (unpaired) electrons. The van der Waals surface area contributed by atoms with Crippen molar-refractivity contribution in [1.29, 1.82) is 0 Å². The molecule has 2 amide bonds. The van der Waals surface area contributed by atoms with Gasteiger partial charge in [0.25, 0.3) is 0 Å². The third-order valence-corrected chi connectivity index (χ3v) is 8.77. The third kappa shape index (κ3) is 4.65. The standard InChI is InChI=1S/C30H38FNO4/c1-3-7-19(15-20-10-12-25(33)24(31)16-20)11-13-26-27-18(2)14-22-28(23(27)17-36-26)30(35)32(29(22)34)21-8-5-4-6-9-21/h10,12,15-16,21-23,26,28,33H,3-9,11,13-14,17H2,1-2H3/b19-15+/t22-,23+,26-,28-/m1/s1. The van der Waals surface area contributed by atoms with Crippen LogP contribution in [-0.2, 0) is 14.3 Å². The highest BCUT2D eigenvalue weighted by molar-refractivity contribution is 6.06. The molecule has 4 aliphatic rings.